The van der Waals surface area contributed by atoms with E-state index in [-0.39, 0.29) is 5.82 Å². The minimum absolute atomic E-state index is 0.170. The van der Waals surface area contributed by atoms with Crippen LogP contribution in [0.5, 0.6) is 0 Å². The largest absolute Gasteiger partial charge is 0.381 e. The summed E-state index contributed by atoms with van der Waals surface area (Å²) in [5.41, 5.74) is 1.17. The van der Waals surface area contributed by atoms with Crippen LogP contribution in [0, 0.1) is 11.7 Å². The third-order valence-electron chi connectivity index (χ3n) is 4.27. The first kappa shape index (κ1) is 14.0. The highest BCUT2D eigenvalue weighted by Gasteiger charge is 2.28. The molecular weight excluding hydrogens is 257 g/mol. The zero-order valence-corrected chi connectivity index (χ0v) is 11.8. The molecule has 0 bridgehead atoms. The summed E-state index contributed by atoms with van der Waals surface area (Å²) in [6.07, 6.45) is 2.29. The monoisotopic (exact) mass is 279 g/mol. The summed E-state index contributed by atoms with van der Waals surface area (Å²) in [5, 5.41) is 0. The van der Waals surface area contributed by atoms with Gasteiger partial charge in [-0.1, -0.05) is 12.1 Å². The molecule has 2 aliphatic heterocycles. The SMILES string of the molecule is Fc1ccc(CN(CC2CCOCC2)C2COC2)cc1. The van der Waals surface area contributed by atoms with Gasteiger partial charge in [-0.05, 0) is 36.5 Å². The number of ether oxygens (including phenoxy) is 2. The van der Waals surface area contributed by atoms with Gasteiger partial charge in [0.05, 0.1) is 19.3 Å². The van der Waals surface area contributed by atoms with E-state index in [0.717, 1.165) is 52.4 Å². The van der Waals surface area contributed by atoms with Crippen LogP contribution in [0.15, 0.2) is 24.3 Å². The molecule has 0 atom stereocenters. The van der Waals surface area contributed by atoms with Crippen molar-refractivity contribution in [2.75, 3.05) is 33.0 Å². The average molecular weight is 279 g/mol. The number of benzene rings is 1. The van der Waals surface area contributed by atoms with Crippen LogP contribution < -0.4 is 0 Å². The second kappa shape index (κ2) is 6.66. The second-order valence-electron chi connectivity index (χ2n) is 5.80. The molecule has 1 aromatic rings. The van der Waals surface area contributed by atoms with Crippen molar-refractivity contribution in [2.45, 2.75) is 25.4 Å². The van der Waals surface area contributed by atoms with E-state index in [1.165, 1.54) is 5.56 Å². The summed E-state index contributed by atoms with van der Waals surface area (Å²) >= 11 is 0. The second-order valence-corrected chi connectivity index (χ2v) is 5.80. The molecule has 0 unspecified atom stereocenters. The molecule has 0 aromatic heterocycles. The van der Waals surface area contributed by atoms with Crippen molar-refractivity contribution in [1.82, 2.24) is 4.90 Å². The lowest BCUT2D eigenvalue weighted by Gasteiger charge is -2.40. The summed E-state index contributed by atoms with van der Waals surface area (Å²) in [7, 11) is 0. The minimum atomic E-state index is -0.170. The van der Waals surface area contributed by atoms with E-state index in [0.29, 0.717) is 12.0 Å². The summed E-state index contributed by atoms with van der Waals surface area (Å²) < 4.78 is 23.7. The van der Waals surface area contributed by atoms with Gasteiger partial charge in [-0.15, -0.1) is 0 Å². The number of halogens is 1. The molecule has 0 radical (unpaired) electrons. The van der Waals surface area contributed by atoms with Crippen molar-refractivity contribution in [3.05, 3.63) is 35.6 Å². The van der Waals surface area contributed by atoms with Crippen LogP contribution >= 0.6 is 0 Å². The molecule has 1 aromatic carbocycles. The normalized spacial score (nSPS) is 21.1. The van der Waals surface area contributed by atoms with Crippen LogP contribution in [0.4, 0.5) is 4.39 Å². The zero-order chi connectivity index (χ0) is 13.8. The van der Waals surface area contributed by atoms with Gasteiger partial charge >= 0.3 is 0 Å². The van der Waals surface area contributed by atoms with E-state index >= 15 is 0 Å². The number of hydrogen-bond donors (Lipinski definition) is 0. The lowest BCUT2D eigenvalue weighted by molar-refractivity contribution is -0.0769. The lowest BCUT2D eigenvalue weighted by Crippen LogP contribution is -2.50. The van der Waals surface area contributed by atoms with Crippen LogP contribution in [0.3, 0.4) is 0 Å². The highest BCUT2D eigenvalue weighted by Crippen LogP contribution is 2.22. The first-order valence-electron chi connectivity index (χ1n) is 7.45. The number of nitrogens with zero attached hydrogens (tertiary/aromatic N) is 1. The Bertz CT molecular complexity index is 413. The maximum Gasteiger partial charge on any atom is 0.123 e. The molecule has 0 N–H and O–H groups in total. The zero-order valence-electron chi connectivity index (χ0n) is 11.8. The van der Waals surface area contributed by atoms with E-state index < -0.39 is 0 Å². The van der Waals surface area contributed by atoms with Gasteiger partial charge in [0, 0.05) is 26.3 Å². The molecule has 2 aliphatic rings. The third kappa shape index (κ3) is 3.57. The average Bonchev–Trinajstić information content (AvgIpc) is 2.40. The van der Waals surface area contributed by atoms with Crippen LogP contribution in [-0.2, 0) is 16.0 Å². The van der Waals surface area contributed by atoms with Gasteiger partial charge in [0.15, 0.2) is 0 Å². The summed E-state index contributed by atoms with van der Waals surface area (Å²) in [6, 6.07) is 7.36. The molecule has 2 heterocycles. The maximum atomic E-state index is 13.0. The fourth-order valence-electron chi connectivity index (χ4n) is 2.86. The topological polar surface area (TPSA) is 21.7 Å². The Morgan fingerprint density at radius 1 is 1.05 bits per heavy atom. The molecule has 2 saturated heterocycles. The Morgan fingerprint density at radius 2 is 1.75 bits per heavy atom. The molecule has 0 amide bonds. The maximum absolute atomic E-state index is 13.0. The highest BCUT2D eigenvalue weighted by atomic mass is 19.1. The van der Waals surface area contributed by atoms with E-state index in [1.807, 2.05) is 12.1 Å². The van der Waals surface area contributed by atoms with Gasteiger partial charge in [0.25, 0.3) is 0 Å². The quantitative estimate of drug-likeness (QED) is 0.826. The smallest absolute Gasteiger partial charge is 0.123 e. The Hall–Kier alpha value is -0.970. The Balaban J connectivity index is 1.61. The van der Waals surface area contributed by atoms with Gasteiger partial charge in [-0.25, -0.2) is 4.39 Å². The standard InChI is InChI=1S/C16H22FNO2/c17-15-3-1-13(2-4-15)9-18(16-11-20-12-16)10-14-5-7-19-8-6-14/h1-4,14,16H,5-12H2. The van der Waals surface area contributed by atoms with Gasteiger partial charge in [0.1, 0.15) is 5.82 Å². The van der Waals surface area contributed by atoms with Crippen LogP contribution in [0.1, 0.15) is 18.4 Å². The number of rotatable bonds is 5. The van der Waals surface area contributed by atoms with Crippen molar-refractivity contribution in [1.29, 1.82) is 0 Å². The van der Waals surface area contributed by atoms with Crippen molar-refractivity contribution in [3.63, 3.8) is 0 Å². The molecule has 0 aliphatic carbocycles. The molecule has 3 rings (SSSR count). The molecule has 110 valence electrons. The minimum Gasteiger partial charge on any atom is -0.381 e. The molecular formula is C16H22FNO2. The summed E-state index contributed by atoms with van der Waals surface area (Å²) in [4.78, 5) is 2.49. The molecule has 3 nitrogen and oxygen atoms in total. The summed E-state index contributed by atoms with van der Waals surface area (Å²) in [6.45, 7) is 5.39. The van der Waals surface area contributed by atoms with Crippen LogP contribution in [-0.4, -0.2) is 43.9 Å². The number of hydrogen-bond acceptors (Lipinski definition) is 3. The van der Waals surface area contributed by atoms with Crippen LogP contribution in [0.2, 0.25) is 0 Å². The van der Waals surface area contributed by atoms with Gasteiger partial charge in [0.2, 0.25) is 0 Å². The van der Waals surface area contributed by atoms with Crippen molar-refractivity contribution >= 4 is 0 Å². The molecule has 0 spiro atoms. The molecule has 4 heteroatoms. The van der Waals surface area contributed by atoms with Gasteiger partial charge in [-0.3, -0.25) is 4.90 Å². The van der Waals surface area contributed by atoms with Gasteiger partial charge < -0.3 is 9.47 Å². The predicted molar refractivity (Wildman–Crippen MR) is 75.0 cm³/mol. The van der Waals surface area contributed by atoms with Crippen LogP contribution in [0.25, 0.3) is 0 Å². The predicted octanol–water partition coefficient (Wildman–Crippen LogP) is 2.45. The van der Waals surface area contributed by atoms with E-state index in [2.05, 4.69) is 4.90 Å². The molecule has 0 saturated carbocycles. The van der Waals surface area contributed by atoms with E-state index in [9.17, 15) is 4.39 Å². The first-order chi connectivity index (χ1) is 9.81. The van der Waals surface area contributed by atoms with E-state index in [4.69, 9.17) is 9.47 Å². The first-order valence-corrected chi connectivity index (χ1v) is 7.45. The fourth-order valence-corrected chi connectivity index (χ4v) is 2.86. The molecule has 20 heavy (non-hydrogen) atoms. The fraction of sp³-hybridized carbons (Fsp3) is 0.625. The summed E-state index contributed by atoms with van der Waals surface area (Å²) in [5.74, 6) is 0.543. The van der Waals surface area contributed by atoms with Gasteiger partial charge in [-0.2, -0.15) is 0 Å². The van der Waals surface area contributed by atoms with Crippen molar-refractivity contribution < 1.29 is 13.9 Å². The highest BCUT2D eigenvalue weighted by molar-refractivity contribution is 5.16. The Labute approximate surface area is 119 Å². The Kier molecular flexibility index (Phi) is 4.65. The van der Waals surface area contributed by atoms with Crippen molar-refractivity contribution in [2.24, 2.45) is 5.92 Å². The Morgan fingerprint density at radius 3 is 2.35 bits per heavy atom. The van der Waals surface area contributed by atoms with Crippen molar-refractivity contribution in [3.8, 4) is 0 Å². The lowest BCUT2D eigenvalue weighted by atomic mass is 9.98. The van der Waals surface area contributed by atoms with E-state index in [1.54, 1.807) is 12.1 Å². The third-order valence-corrected chi connectivity index (χ3v) is 4.27. The molecule has 2 fully saturated rings.